The summed E-state index contributed by atoms with van der Waals surface area (Å²) in [4.78, 5) is 23.7. The van der Waals surface area contributed by atoms with Crippen molar-refractivity contribution in [3.63, 3.8) is 0 Å². The van der Waals surface area contributed by atoms with Crippen molar-refractivity contribution < 1.29 is 13.9 Å². The molecule has 4 aromatic rings. The molecule has 0 radical (unpaired) electrons. The van der Waals surface area contributed by atoms with E-state index in [0.29, 0.717) is 60.4 Å². The number of primary amides is 1. The number of benzene rings is 2. The van der Waals surface area contributed by atoms with Crippen molar-refractivity contribution in [2.45, 2.75) is 19.8 Å². The lowest BCUT2D eigenvalue weighted by atomic mass is 10.1. The van der Waals surface area contributed by atoms with Crippen molar-refractivity contribution in [3.05, 3.63) is 58.8 Å². The molecule has 0 bridgehead atoms. The number of nitrogens with two attached hydrogens (primary N) is 1. The molecular weight excluding hydrogens is 445 g/mol. The molecule has 1 aliphatic heterocycles. The Hall–Kier alpha value is -3.23. The van der Waals surface area contributed by atoms with Gasteiger partial charge in [0.25, 0.3) is 5.91 Å². The summed E-state index contributed by atoms with van der Waals surface area (Å²) in [6.07, 6.45) is 3.14. The first-order valence-corrected chi connectivity index (χ1v) is 11.3. The van der Waals surface area contributed by atoms with E-state index in [2.05, 4.69) is 16.8 Å². The van der Waals surface area contributed by atoms with E-state index in [9.17, 15) is 9.18 Å². The lowest BCUT2D eigenvalue weighted by Gasteiger charge is -2.29. The van der Waals surface area contributed by atoms with Gasteiger partial charge in [-0.1, -0.05) is 18.5 Å². The van der Waals surface area contributed by atoms with Gasteiger partial charge in [-0.15, -0.1) is 0 Å². The van der Waals surface area contributed by atoms with Gasteiger partial charge in [0.1, 0.15) is 17.2 Å². The van der Waals surface area contributed by atoms with Crippen LogP contribution in [0.1, 0.15) is 29.5 Å². The number of amides is 1. The number of halogens is 2. The lowest BCUT2D eigenvalue weighted by Crippen LogP contribution is -2.36. The number of aromatic nitrogens is 3. The summed E-state index contributed by atoms with van der Waals surface area (Å²) < 4.78 is 21.8. The van der Waals surface area contributed by atoms with E-state index in [1.807, 2.05) is 16.7 Å². The monoisotopic (exact) mass is 467 g/mol. The lowest BCUT2D eigenvalue weighted by molar-refractivity contribution is 0.100. The van der Waals surface area contributed by atoms with Crippen molar-refractivity contribution in [3.8, 4) is 5.69 Å². The van der Waals surface area contributed by atoms with E-state index in [1.165, 1.54) is 12.1 Å². The van der Waals surface area contributed by atoms with Gasteiger partial charge in [-0.3, -0.25) is 14.3 Å². The van der Waals surface area contributed by atoms with Gasteiger partial charge in [-0.05, 0) is 36.8 Å². The summed E-state index contributed by atoms with van der Waals surface area (Å²) in [6.45, 7) is 4.69. The van der Waals surface area contributed by atoms with Crippen molar-refractivity contribution in [2.24, 2.45) is 5.73 Å². The van der Waals surface area contributed by atoms with Gasteiger partial charge >= 0.3 is 0 Å². The molecule has 5 rings (SSSR count). The number of aryl methyl sites for hydroxylation is 1. The Kier molecular flexibility index (Phi) is 5.64. The summed E-state index contributed by atoms with van der Waals surface area (Å²) in [7, 11) is 0. The number of anilines is 1. The second-order valence-corrected chi connectivity index (χ2v) is 8.46. The third-order valence-electron chi connectivity index (χ3n) is 5.91. The van der Waals surface area contributed by atoms with Crippen LogP contribution in [0, 0.1) is 5.82 Å². The predicted octanol–water partition coefficient (Wildman–Crippen LogP) is 4.25. The smallest absolute Gasteiger partial charge is 0.251 e. The Labute approximate surface area is 194 Å². The number of rotatable bonds is 5. The summed E-state index contributed by atoms with van der Waals surface area (Å²) in [5.41, 5.74) is 9.44. The van der Waals surface area contributed by atoms with Gasteiger partial charge in [0.15, 0.2) is 0 Å². The number of hydrogen-bond acceptors (Lipinski definition) is 5. The number of imidazole rings is 1. The molecule has 170 valence electrons. The quantitative estimate of drug-likeness (QED) is 0.474. The summed E-state index contributed by atoms with van der Waals surface area (Å²) in [5, 5.41) is 0.802. The van der Waals surface area contributed by atoms with E-state index in [0.717, 1.165) is 23.4 Å². The van der Waals surface area contributed by atoms with Crippen LogP contribution in [0.4, 0.5) is 10.1 Å². The maximum absolute atomic E-state index is 14.3. The van der Waals surface area contributed by atoms with Crippen molar-refractivity contribution in [1.82, 2.24) is 14.5 Å². The van der Waals surface area contributed by atoms with E-state index in [1.54, 1.807) is 12.3 Å². The average molecular weight is 468 g/mol. The van der Waals surface area contributed by atoms with Gasteiger partial charge in [0.2, 0.25) is 0 Å². The van der Waals surface area contributed by atoms with Gasteiger partial charge < -0.3 is 15.4 Å². The number of morpholine rings is 1. The first-order valence-electron chi connectivity index (χ1n) is 10.9. The highest BCUT2D eigenvalue weighted by Gasteiger charge is 2.22. The van der Waals surface area contributed by atoms with Crippen LogP contribution in [0.5, 0.6) is 0 Å². The first kappa shape index (κ1) is 21.6. The molecule has 0 unspecified atom stereocenters. The minimum Gasteiger partial charge on any atom is -0.378 e. The van der Waals surface area contributed by atoms with Gasteiger partial charge in [-0.25, -0.2) is 9.37 Å². The zero-order valence-electron chi connectivity index (χ0n) is 18.1. The predicted molar refractivity (Wildman–Crippen MR) is 127 cm³/mol. The second-order valence-electron chi connectivity index (χ2n) is 8.05. The molecule has 0 spiro atoms. The van der Waals surface area contributed by atoms with Gasteiger partial charge in [-0.2, -0.15) is 0 Å². The molecule has 1 fully saturated rings. The molecule has 0 atom stereocenters. The molecule has 1 saturated heterocycles. The third-order valence-corrected chi connectivity index (χ3v) is 6.20. The highest BCUT2D eigenvalue weighted by Crippen LogP contribution is 2.34. The van der Waals surface area contributed by atoms with Gasteiger partial charge in [0.05, 0.1) is 40.5 Å². The first-order chi connectivity index (χ1) is 16.0. The minimum atomic E-state index is -0.545. The average Bonchev–Trinajstić information content (AvgIpc) is 3.16. The number of carbonyl (C=O) groups is 1. The molecule has 9 heteroatoms. The second kappa shape index (κ2) is 8.61. The molecule has 2 aromatic heterocycles. The highest BCUT2D eigenvalue weighted by molar-refractivity contribution is 6.35. The molecule has 7 nitrogen and oxygen atoms in total. The van der Waals surface area contributed by atoms with Crippen LogP contribution in [0.25, 0.3) is 27.6 Å². The van der Waals surface area contributed by atoms with Crippen LogP contribution < -0.4 is 10.6 Å². The Morgan fingerprint density at radius 1 is 1.21 bits per heavy atom. The van der Waals surface area contributed by atoms with Crippen molar-refractivity contribution >= 4 is 45.1 Å². The standard InChI is InChI=1S/C24H23ClFN5O2/c1-2-3-21-29-23-17(24(27)32)12-15(30-6-8-33-9-7-30)13-20(23)31(21)19-4-5-28-22-16(19)10-14(26)11-18(22)25/h4-5,10-13H,2-3,6-9H2,1H3,(H2,27,32). The molecule has 0 aliphatic carbocycles. The summed E-state index contributed by atoms with van der Waals surface area (Å²) in [6, 6.07) is 8.29. The van der Waals surface area contributed by atoms with Crippen LogP contribution in [-0.2, 0) is 11.2 Å². The molecule has 2 N–H and O–H groups in total. The molecule has 1 aliphatic rings. The fourth-order valence-corrected chi connectivity index (χ4v) is 4.68. The number of hydrogen-bond donors (Lipinski definition) is 1. The highest BCUT2D eigenvalue weighted by atomic mass is 35.5. The fourth-order valence-electron chi connectivity index (χ4n) is 4.42. The van der Waals surface area contributed by atoms with Gasteiger partial charge in [0, 0.05) is 36.8 Å². The Balaban J connectivity index is 1.85. The van der Waals surface area contributed by atoms with E-state index in [4.69, 9.17) is 27.1 Å². The van der Waals surface area contributed by atoms with Crippen molar-refractivity contribution in [2.75, 3.05) is 31.2 Å². The normalized spacial score (nSPS) is 14.3. The summed E-state index contributed by atoms with van der Waals surface area (Å²) >= 11 is 6.30. The van der Waals surface area contributed by atoms with Crippen LogP contribution in [-0.4, -0.2) is 46.7 Å². The van der Waals surface area contributed by atoms with E-state index in [-0.39, 0.29) is 5.02 Å². The minimum absolute atomic E-state index is 0.236. The summed E-state index contributed by atoms with van der Waals surface area (Å²) in [5.74, 6) is -0.242. The largest absolute Gasteiger partial charge is 0.378 e. The molecule has 2 aromatic carbocycles. The number of ether oxygens (including phenoxy) is 1. The molecule has 1 amide bonds. The molecule has 3 heterocycles. The number of fused-ring (bicyclic) bond motifs is 2. The fraction of sp³-hybridized carbons (Fsp3) is 0.292. The Morgan fingerprint density at radius 3 is 2.73 bits per heavy atom. The maximum atomic E-state index is 14.3. The van der Waals surface area contributed by atoms with Crippen molar-refractivity contribution in [1.29, 1.82) is 0 Å². The zero-order chi connectivity index (χ0) is 23.1. The zero-order valence-corrected chi connectivity index (χ0v) is 18.9. The van der Waals surface area contributed by atoms with Crippen LogP contribution in [0.2, 0.25) is 5.02 Å². The Bertz CT molecular complexity index is 1380. The molecular formula is C24H23ClFN5O2. The van der Waals surface area contributed by atoms with Crippen LogP contribution in [0.3, 0.4) is 0 Å². The number of carbonyl (C=O) groups excluding carboxylic acids is 1. The van der Waals surface area contributed by atoms with Crippen LogP contribution >= 0.6 is 11.6 Å². The molecule has 0 saturated carbocycles. The van der Waals surface area contributed by atoms with Crippen LogP contribution in [0.15, 0.2) is 36.5 Å². The molecule has 33 heavy (non-hydrogen) atoms. The topological polar surface area (TPSA) is 86.3 Å². The Morgan fingerprint density at radius 2 is 2.00 bits per heavy atom. The maximum Gasteiger partial charge on any atom is 0.251 e. The van der Waals surface area contributed by atoms with E-state index < -0.39 is 11.7 Å². The van der Waals surface area contributed by atoms with E-state index >= 15 is 0 Å². The SMILES string of the molecule is CCCc1nc2c(C(N)=O)cc(N3CCOCC3)cc2n1-c1ccnc2c(Cl)cc(F)cc12. The number of pyridine rings is 1. The number of nitrogens with zero attached hydrogens (tertiary/aromatic N) is 4. The third kappa shape index (κ3) is 3.79.